The third-order valence-corrected chi connectivity index (χ3v) is 11.1. The summed E-state index contributed by atoms with van der Waals surface area (Å²) in [6.45, 7) is 14.5. The predicted octanol–water partition coefficient (Wildman–Crippen LogP) is -6.91. The summed E-state index contributed by atoms with van der Waals surface area (Å²) in [6.07, 6.45) is 10.2. The number of fused-ring (bicyclic) bond motifs is 12. The Morgan fingerprint density at radius 3 is 0.386 bits per heavy atom. The van der Waals surface area contributed by atoms with Crippen molar-refractivity contribution < 1.29 is 122 Å². The second kappa shape index (κ2) is 44.8. The van der Waals surface area contributed by atoms with E-state index in [0.717, 1.165) is 26.2 Å². The molecule has 0 aromatic carbocycles. The molecule has 12 heterocycles. The normalized spacial score (nSPS) is 28.3. The van der Waals surface area contributed by atoms with E-state index in [-0.39, 0.29) is 72.3 Å². The Morgan fingerprint density at radius 2 is 0.357 bits per heavy atom. The first-order valence-corrected chi connectivity index (χ1v) is 19.9. The average Bonchev–Trinajstić information content (AvgIpc) is 3.19. The van der Waals surface area contributed by atoms with Gasteiger partial charge in [-0.15, -0.1) is 0 Å². The minimum absolute atomic E-state index is 0. The molecule has 0 unspecified atom stereocenters. The minimum atomic E-state index is -1.75. The van der Waals surface area contributed by atoms with E-state index in [2.05, 4.69) is 0 Å². The first-order valence-electron chi connectivity index (χ1n) is 19.9. The van der Waals surface area contributed by atoms with Gasteiger partial charge in [-0.2, -0.15) is 0 Å². The van der Waals surface area contributed by atoms with Gasteiger partial charge in [-0.3, -0.25) is 0 Å². The molecule has 8 bridgehead atoms. The Balaban J connectivity index is -0.000000163. The Kier molecular flexibility index (Phi) is 48.7. The zero-order valence-electron chi connectivity index (χ0n) is 37.4. The molecule has 12 rings (SSSR count). The zero-order chi connectivity index (χ0) is 53.7. The van der Waals surface area contributed by atoms with E-state index < -0.39 is 40.7 Å². The molecule has 0 aromatic heterocycles. The van der Waals surface area contributed by atoms with E-state index in [4.69, 9.17) is 123 Å². The number of hydrogen-bond donors (Lipinski definition) is 9. The van der Waals surface area contributed by atoms with Crippen LogP contribution in [-0.2, 0) is 0 Å². The van der Waals surface area contributed by atoms with Gasteiger partial charge in [0, 0.05) is 75.0 Å². The number of piperidine rings is 12. The van der Waals surface area contributed by atoms with Gasteiger partial charge in [0.15, 0.2) is 0 Å². The van der Waals surface area contributed by atoms with Crippen molar-refractivity contribution in [3.8, 4) is 0 Å². The van der Waals surface area contributed by atoms with Gasteiger partial charge in [-0.25, -0.2) is 0 Å². The molecule has 41 nitrogen and oxygen atoms in total. The van der Waals surface area contributed by atoms with Crippen LogP contribution in [0.5, 0.6) is 0 Å². The molecule has 4 atom stereocenters. The van der Waals surface area contributed by atoms with Crippen molar-refractivity contribution in [2.45, 2.75) is 75.8 Å². The summed E-state index contributed by atoms with van der Waals surface area (Å²) in [6, 6.07) is 0. The number of aliphatic hydroxyl groups excluding tert-OH is 4. The smallest absolute Gasteiger partial charge is 0.387 e. The Hall–Kier alpha value is -5.38. The molecule has 0 amide bonds. The molecule has 409 valence electrons. The van der Waals surface area contributed by atoms with Crippen molar-refractivity contribution in [2.75, 3.05) is 78.5 Å². The first kappa shape index (κ1) is 76.1. The molecule has 12 saturated heterocycles. The van der Waals surface area contributed by atoms with Gasteiger partial charge < -0.3 is 169 Å². The van der Waals surface area contributed by atoms with Crippen LogP contribution in [0.2, 0.25) is 0 Å². The topological polar surface area (TPSA) is 665 Å². The van der Waals surface area contributed by atoms with Crippen molar-refractivity contribution in [1.82, 2.24) is 6.15 Å². The number of aliphatic hydroxyl groups is 4. The molecule has 0 spiro atoms. The van der Waals surface area contributed by atoms with E-state index in [1.807, 2.05) is 0 Å². The van der Waals surface area contributed by atoms with Crippen LogP contribution < -0.4 is 25.8 Å². The van der Waals surface area contributed by atoms with Crippen LogP contribution in [0, 0.1) is 188 Å². The van der Waals surface area contributed by atoms with Gasteiger partial charge in [0.1, 0.15) is 50.6 Å². The molecule has 0 aliphatic carbocycles. The summed E-state index contributed by atoms with van der Waals surface area (Å²) < 4.78 is 0. The second-order valence-corrected chi connectivity index (χ2v) is 15.2. The standard InChI is InChI=1S/4C7H13NO.Ce.8NO3.H3N/c4*9-7-5-8-3-1-6(7)2-4-8;;8*2-1(3)4;/h4*6-7,9H,1-5H2;;;;;;;;;;1H3/q;;;;+3;8*-1;/p+5/t4*7-;;;;;;;;;;/m0000........../s1. The van der Waals surface area contributed by atoms with Gasteiger partial charge in [0.25, 0.3) is 0 Å². The quantitative estimate of drug-likeness (QED) is 0.0804. The fraction of sp³-hybridized carbons (Fsp3) is 1.00. The van der Waals surface area contributed by atoms with E-state index >= 15 is 0 Å². The summed E-state index contributed by atoms with van der Waals surface area (Å²) >= 11 is 0. The summed E-state index contributed by atoms with van der Waals surface area (Å²) in [5.74, 6) is 2.62. The minimum Gasteiger partial charge on any atom is -0.387 e. The van der Waals surface area contributed by atoms with Gasteiger partial charge >= 0.3 is 41.7 Å². The maximum absolute atomic E-state index is 9.38. The number of hydrogen-bond acceptors (Lipinski definition) is 28. The SMILES string of the molecule is O=[N+]([O-])[O-].O=[N+]([O-])[O-].O=[N+]([O-])[O-].O=[N+]([O-])[O-].O=[N+]([O-])[O-].O=[N+]([O-])[O-].O=[N+]([O-])[O-].O=[N+]([O-])[O-].O[C@H]1C[NH+]2CCC1CC2.O[C@H]1C[NH+]2CCC1CC2.O[C@H]1C[NH+]2CCC1CC2.O[C@H]1C[NH+]2CCC1CC2.[Ce+3].[NH4+]. The molecule has 42 heteroatoms. The number of nitrogens with one attached hydrogen (secondary N) is 4. The maximum atomic E-state index is 9.38. The molecule has 0 saturated carbocycles. The van der Waals surface area contributed by atoms with Crippen molar-refractivity contribution >= 4 is 0 Å². The Labute approximate surface area is 427 Å². The van der Waals surface area contributed by atoms with Crippen LogP contribution in [0.3, 0.4) is 0 Å². The van der Waals surface area contributed by atoms with Crippen molar-refractivity contribution in [2.24, 2.45) is 23.7 Å². The molecule has 12 aliphatic heterocycles. The molecule has 12 fully saturated rings. The monoisotopic (exact) mass is 1170 g/mol. The fourth-order valence-corrected chi connectivity index (χ4v) is 8.40. The third kappa shape index (κ3) is 53.6. The predicted molar refractivity (Wildman–Crippen MR) is 226 cm³/mol. The maximum Gasteiger partial charge on any atom is 3.00 e. The third-order valence-electron chi connectivity index (χ3n) is 11.1. The number of rotatable bonds is 0. The van der Waals surface area contributed by atoms with Crippen LogP contribution in [0.15, 0.2) is 0 Å². The average molecular weight is 1170 g/mol. The van der Waals surface area contributed by atoms with Crippen LogP contribution >= 0.6 is 0 Å². The molecule has 12 N–H and O–H groups in total. The molecule has 70 heavy (non-hydrogen) atoms. The fourth-order valence-electron chi connectivity index (χ4n) is 8.40. The Bertz CT molecular complexity index is 1150. The summed E-state index contributed by atoms with van der Waals surface area (Å²) in [5.41, 5.74) is 0. The van der Waals surface area contributed by atoms with Crippen molar-refractivity contribution in [1.29, 1.82) is 0 Å². The van der Waals surface area contributed by atoms with E-state index in [1.54, 1.807) is 19.6 Å². The van der Waals surface area contributed by atoms with Crippen LogP contribution in [0.1, 0.15) is 51.4 Å². The molecular formula is C28H60CeN13O28. The number of quaternary nitrogens is 5. The summed E-state index contributed by atoms with van der Waals surface area (Å²) in [4.78, 5) is 72.5. The van der Waals surface area contributed by atoms with Crippen LogP contribution in [0.25, 0.3) is 0 Å². The summed E-state index contributed by atoms with van der Waals surface area (Å²) in [5, 5.41) is 156. The van der Waals surface area contributed by atoms with Crippen LogP contribution in [-0.4, -0.2) is 164 Å². The second-order valence-electron chi connectivity index (χ2n) is 15.2. The summed E-state index contributed by atoms with van der Waals surface area (Å²) in [7, 11) is 0. The molecule has 12 aliphatic rings. The zero-order valence-corrected chi connectivity index (χ0v) is 40.6. The Morgan fingerprint density at radius 1 is 0.271 bits per heavy atom. The molecule has 1 radical (unpaired) electrons. The number of nitrogens with zero attached hydrogens (tertiary/aromatic N) is 8. The first-order chi connectivity index (χ1) is 31.3. The van der Waals surface area contributed by atoms with Gasteiger partial charge in [-0.05, 0) is 0 Å². The van der Waals surface area contributed by atoms with E-state index in [9.17, 15) is 20.4 Å². The van der Waals surface area contributed by atoms with Gasteiger partial charge in [-0.1, -0.05) is 0 Å². The molecular weight excluding hydrogens is 1110 g/mol. The largest absolute Gasteiger partial charge is 3.00 e. The van der Waals surface area contributed by atoms with Crippen molar-refractivity contribution in [3.05, 3.63) is 123 Å². The van der Waals surface area contributed by atoms with Crippen LogP contribution in [0.4, 0.5) is 0 Å². The van der Waals surface area contributed by atoms with E-state index in [1.165, 1.54) is 104 Å². The van der Waals surface area contributed by atoms with E-state index in [0.29, 0.717) is 23.7 Å². The van der Waals surface area contributed by atoms with Crippen molar-refractivity contribution in [3.63, 3.8) is 0 Å². The molecule has 0 aromatic rings. The van der Waals surface area contributed by atoms with Gasteiger partial charge in [0.05, 0.1) is 93.1 Å². The van der Waals surface area contributed by atoms with Gasteiger partial charge in [0.2, 0.25) is 0 Å².